The first-order chi connectivity index (χ1) is 17.1. The quantitative estimate of drug-likeness (QED) is 0.384. The van der Waals surface area contributed by atoms with E-state index in [2.05, 4.69) is 49.6 Å². The van der Waals surface area contributed by atoms with Crippen LogP contribution in [0.2, 0.25) is 0 Å². The third-order valence-electron chi connectivity index (χ3n) is 6.48. The Morgan fingerprint density at radius 1 is 1.09 bits per heavy atom. The minimum absolute atomic E-state index is 0.0139. The summed E-state index contributed by atoms with van der Waals surface area (Å²) in [5.41, 5.74) is 4.54. The molecule has 0 fully saturated rings. The average molecular weight is 491 g/mol. The van der Waals surface area contributed by atoms with Gasteiger partial charge in [0, 0.05) is 18.0 Å². The normalized spacial score (nSPS) is 15.0. The van der Waals surface area contributed by atoms with Crippen LogP contribution in [0.25, 0.3) is 0 Å². The number of hydrogen-bond donors (Lipinski definition) is 0. The number of rotatable bonds is 10. The zero-order valence-electron chi connectivity index (χ0n) is 20.6. The van der Waals surface area contributed by atoms with Crippen molar-refractivity contribution in [3.05, 3.63) is 93.2 Å². The lowest BCUT2D eigenvalue weighted by molar-refractivity contribution is -0.144. The summed E-state index contributed by atoms with van der Waals surface area (Å²) in [5, 5.41) is 2.11. The van der Waals surface area contributed by atoms with Crippen LogP contribution in [0.3, 0.4) is 0 Å². The molecule has 3 aromatic rings. The minimum Gasteiger partial charge on any atom is -0.367 e. The monoisotopic (exact) mass is 490 g/mol. The summed E-state index contributed by atoms with van der Waals surface area (Å²) >= 11 is 1.76. The van der Waals surface area contributed by atoms with Crippen molar-refractivity contribution in [3.8, 4) is 0 Å². The van der Waals surface area contributed by atoms with E-state index in [-0.39, 0.29) is 31.0 Å². The highest BCUT2D eigenvalue weighted by atomic mass is 32.1. The van der Waals surface area contributed by atoms with Gasteiger partial charge in [-0.2, -0.15) is 0 Å². The first-order valence-corrected chi connectivity index (χ1v) is 13.3. The minimum atomic E-state index is -0.136. The smallest absolute Gasteiger partial charge is 0.249 e. The Balaban J connectivity index is 1.46. The molecule has 184 valence electrons. The number of nitrogens with zero attached hydrogens (tertiary/aromatic N) is 2. The molecule has 0 bridgehead atoms. The van der Waals surface area contributed by atoms with Gasteiger partial charge in [0.1, 0.15) is 6.61 Å². The molecule has 0 aliphatic carbocycles. The molecular weight excluding hydrogens is 456 g/mol. The Labute approximate surface area is 212 Å². The zero-order chi connectivity index (χ0) is 24.6. The molecule has 4 rings (SSSR count). The van der Waals surface area contributed by atoms with Crippen LogP contribution in [-0.4, -0.2) is 47.9 Å². The number of thiophene rings is 1. The largest absolute Gasteiger partial charge is 0.367 e. The van der Waals surface area contributed by atoms with Crippen LogP contribution >= 0.6 is 11.3 Å². The molecule has 5 nitrogen and oxygen atoms in total. The fourth-order valence-electron chi connectivity index (χ4n) is 4.51. The summed E-state index contributed by atoms with van der Waals surface area (Å²) in [6, 6.07) is 20.3. The topological polar surface area (TPSA) is 49.9 Å². The maximum atomic E-state index is 13.6. The molecule has 2 heterocycles. The van der Waals surface area contributed by atoms with Gasteiger partial charge in [0.2, 0.25) is 11.8 Å². The lowest BCUT2D eigenvalue weighted by Crippen LogP contribution is -2.47. The molecule has 0 saturated heterocycles. The number of ether oxygens (including phenoxy) is 1. The molecule has 35 heavy (non-hydrogen) atoms. The highest BCUT2D eigenvalue weighted by Crippen LogP contribution is 2.38. The predicted molar refractivity (Wildman–Crippen MR) is 140 cm³/mol. The van der Waals surface area contributed by atoms with E-state index in [1.54, 1.807) is 16.2 Å². The van der Waals surface area contributed by atoms with E-state index < -0.39 is 0 Å². The van der Waals surface area contributed by atoms with E-state index in [9.17, 15) is 9.59 Å². The van der Waals surface area contributed by atoms with Crippen molar-refractivity contribution in [2.24, 2.45) is 0 Å². The average Bonchev–Trinajstić information content (AvgIpc) is 3.36. The SMILES string of the molecule is CCCCN(CC(=O)N1CCc2sccc2C1c1ccc(C)cc1)C(=O)COCc1ccccc1. The predicted octanol–water partition coefficient (Wildman–Crippen LogP) is 5.38. The molecule has 1 atom stereocenters. The van der Waals surface area contributed by atoms with Crippen LogP contribution in [0, 0.1) is 6.92 Å². The van der Waals surface area contributed by atoms with E-state index in [0.717, 1.165) is 30.4 Å². The van der Waals surface area contributed by atoms with E-state index in [1.165, 1.54) is 16.0 Å². The first kappa shape index (κ1) is 25.1. The number of unbranched alkanes of at least 4 members (excludes halogenated alkanes) is 1. The highest BCUT2D eigenvalue weighted by Gasteiger charge is 2.33. The maximum absolute atomic E-state index is 13.6. The van der Waals surface area contributed by atoms with Crippen molar-refractivity contribution in [1.82, 2.24) is 9.80 Å². The molecule has 0 spiro atoms. The molecule has 2 aromatic carbocycles. The van der Waals surface area contributed by atoms with Crippen LogP contribution in [0.1, 0.15) is 52.9 Å². The van der Waals surface area contributed by atoms with E-state index in [4.69, 9.17) is 4.74 Å². The number of benzene rings is 2. The summed E-state index contributed by atoms with van der Waals surface area (Å²) < 4.78 is 5.69. The van der Waals surface area contributed by atoms with E-state index in [1.807, 2.05) is 35.2 Å². The summed E-state index contributed by atoms with van der Waals surface area (Å²) in [6.45, 7) is 5.81. The van der Waals surface area contributed by atoms with Crippen molar-refractivity contribution >= 4 is 23.2 Å². The number of hydrogen-bond acceptors (Lipinski definition) is 4. The van der Waals surface area contributed by atoms with E-state index in [0.29, 0.717) is 19.7 Å². The van der Waals surface area contributed by atoms with Gasteiger partial charge in [-0.05, 0) is 47.9 Å². The maximum Gasteiger partial charge on any atom is 0.249 e. The first-order valence-electron chi connectivity index (χ1n) is 12.4. The Morgan fingerprint density at radius 3 is 2.60 bits per heavy atom. The second-order valence-corrected chi connectivity index (χ2v) is 10.1. The van der Waals surface area contributed by atoms with Gasteiger partial charge in [-0.25, -0.2) is 0 Å². The van der Waals surface area contributed by atoms with Crippen LogP contribution < -0.4 is 0 Å². The van der Waals surface area contributed by atoms with Crippen LogP contribution in [0.5, 0.6) is 0 Å². The fourth-order valence-corrected chi connectivity index (χ4v) is 5.41. The second kappa shape index (κ2) is 12.1. The standard InChI is InChI=1S/C29H34N2O3S/c1-3-4-16-30(28(33)21-34-20-23-8-6-5-7-9-23)19-27(32)31-17-14-26-25(15-18-35-26)29(31)24-12-10-22(2)11-13-24/h5-13,15,18,29H,3-4,14,16-17,19-21H2,1-2H3. The van der Waals surface area contributed by atoms with Crippen molar-refractivity contribution in [2.45, 2.75) is 45.8 Å². The fraction of sp³-hybridized carbons (Fsp3) is 0.379. The van der Waals surface area contributed by atoms with Crippen LogP contribution in [-0.2, 0) is 27.4 Å². The van der Waals surface area contributed by atoms with Gasteiger partial charge < -0.3 is 14.5 Å². The molecule has 1 aliphatic heterocycles. The lowest BCUT2D eigenvalue weighted by Gasteiger charge is -2.37. The van der Waals surface area contributed by atoms with Crippen molar-refractivity contribution in [3.63, 3.8) is 0 Å². The Bertz CT molecular complexity index is 1110. The van der Waals surface area contributed by atoms with Gasteiger partial charge in [-0.3, -0.25) is 9.59 Å². The van der Waals surface area contributed by atoms with Crippen molar-refractivity contribution < 1.29 is 14.3 Å². The second-order valence-electron chi connectivity index (χ2n) is 9.10. The van der Waals surface area contributed by atoms with Crippen molar-refractivity contribution in [1.29, 1.82) is 0 Å². The van der Waals surface area contributed by atoms with Gasteiger partial charge in [0.15, 0.2) is 0 Å². The highest BCUT2D eigenvalue weighted by molar-refractivity contribution is 7.10. The number of carbonyl (C=O) groups excluding carboxylic acids is 2. The van der Waals surface area contributed by atoms with E-state index >= 15 is 0 Å². The molecule has 1 aromatic heterocycles. The summed E-state index contributed by atoms with van der Waals surface area (Å²) in [7, 11) is 0. The third-order valence-corrected chi connectivity index (χ3v) is 7.47. The molecule has 1 aliphatic rings. The molecule has 0 radical (unpaired) electrons. The molecule has 0 saturated carbocycles. The number of carbonyl (C=O) groups is 2. The van der Waals surface area contributed by atoms with Gasteiger partial charge in [0.05, 0.1) is 19.2 Å². The molecule has 1 unspecified atom stereocenters. The lowest BCUT2D eigenvalue weighted by atomic mass is 9.92. The van der Waals surface area contributed by atoms with Crippen molar-refractivity contribution in [2.75, 3.05) is 26.2 Å². The zero-order valence-corrected chi connectivity index (χ0v) is 21.4. The molecule has 2 amide bonds. The van der Waals surface area contributed by atoms with Gasteiger partial charge in [0.25, 0.3) is 0 Å². The number of aryl methyl sites for hydroxylation is 1. The van der Waals surface area contributed by atoms with Gasteiger partial charge in [-0.15, -0.1) is 11.3 Å². The third kappa shape index (κ3) is 6.38. The summed E-state index contributed by atoms with van der Waals surface area (Å²) in [6.07, 6.45) is 2.66. The Hall–Kier alpha value is -2.96. The molecular formula is C29H34N2O3S. The molecule has 6 heteroatoms. The van der Waals surface area contributed by atoms with Crippen LogP contribution in [0.15, 0.2) is 66.0 Å². The van der Waals surface area contributed by atoms with Gasteiger partial charge in [-0.1, -0.05) is 73.5 Å². The Kier molecular flexibility index (Phi) is 8.72. The van der Waals surface area contributed by atoms with Crippen LogP contribution in [0.4, 0.5) is 0 Å². The summed E-state index contributed by atoms with van der Waals surface area (Å²) in [5.74, 6) is -0.150. The molecule has 0 N–H and O–H groups in total. The summed E-state index contributed by atoms with van der Waals surface area (Å²) in [4.78, 5) is 31.7. The number of amides is 2. The Morgan fingerprint density at radius 2 is 1.86 bits per heavy atom. The van der Waals surface area contributed by atoms with Gasteiger partial charge >= 0.3 is 0 Å². The number of fused-ring (bicyclic) bond motifs is 1.